The molecule has 1 aliphatic heterocycles. The van der Waals surface area contributed by atoms with Crippen LogP contribution in [0.15, 0.2) is 41.3 Å². The van der Waals surface area contributed by atoms with Gasteiger partial charge in [-0.15, -0.1) is 0 Å². The molecule has 0 bridgehead atoms. The number of nitrogens with one attached hydrogen (secondary N) is 1. The van der Waals surface area contributed by atoms with Crippen molar-refractivity contribution in [3.63, 3.8) is 0 Å². The Morgan fingerprint density at radius 2 is 2.07 bits per heavy atom. The number of benzene rings is 1. The highest BCUT2D eigenvalue weighted by molar-refractivity contribution is 7.53. The van der Waals surface area contributed by atoms with E-state index >= 15 is 0 Å². The maximum absolute atomic E-state index is 12.8. The van der Waals surface area contributed by atoms with Crippen LogP contribution in [0.3, 0.4) is 0 Å². The molecular formula is C19H25N2O5P2+. The third kappa shape index (κ3) is 4.72. The Kier molecular flexibility index (Phi) is 6.09. The Balaban J connectivity index is 1.78. The molecular weight excluding hydrogens is 398 g/mol. The van der Waals surface area contributed by atoms with E-state index in [1.165, 1.54) is 6.66 Å². The predicted molar refractivity (Wildman–Crippen MR) is 110 cm³/mol. The average Bonchev–Trinajstić information content (AvgIpc) is 3.00. The quantitative estimate of drug-likeness (QED) is 0.584. The maximum atomic E-state index is 12.8. The summed E-state index contributed by atoms with van der Waals surface area (Å²) in [6.45, 7) is 9.16. The first-order valence-corrected chi connectivity index (χ1v) is 11.5. The Bertz CT molecular complexity index is 1070. The summed E-state index contributed by atoms with van der Waals surface area (Å²) in [4.78, 5) is 14.4. The molecule has 5 unspecified atom stereocenters. The van der Waals surface area contributed by atoms with Crippen molar-refractivity contribution < 1.29 is 22.6 Å². The lowest BCUT2D eigenvalue weighted by Gasteiger charge is -2.23. The van der Waals surface area contributed by atoms with Gasteiger partial charge in [-0.1, -0.05) is 34.4 Å². The van der Waals surface area contributed by atoms with Crippen molar-refractivity contribution in [2.45, 2.75) is 32.5 Å². The summed E-state index contributed by atoms with van der Waals surface area (Å²) in [6, 6.07) is 8.92. The van der Waals surface area contributed by atoms with Gasteiger partial charge in [-0.3, -0.25) is 4.52 Å². The van der Waals surface area contributed by atoms with Gasteiger partial charge < -0.3 is 9.26 Å². The van der Waals surface area contributed by atoms with Crippen LogP contribution in [0.5, 0.6) is 5.75 Å². The largest absolute Gasteiger partial charge is 0.459 e. The fourth-order valence-corrected chi connectivity index (χ4v) is 4.66. The molecule has 1 fully saturated rings. The molecule has 0 spiro atoms. The minimum absolute atomic E-state index is 0.0723. The van der Waals surface area contributed by atoms with Crippen LogP contribution in [0.4, 0.5) is 0 Å². The number of aromatic nitrogens is 2. The van der Waals surface area contributed by atoms with Crippen molar-refractivity contribution in [2.24, 2.45) is 5.92 Å². The van der Waals surface area contributed by atoms with Crippen molar-refractivity contribution in [3.05, 3.63) is 58.3 Å². The molecule has 150 valence electrons. The van der Waals surface area contributed by atoms with E-state index in [2.05, 4.69) is 20.8 Å². The van der Waals surface area contributed by atoms with E-state index < -0.39 is 13.7 Å². The van der Waals surface area contributed by atoms with Crippen molar-refractivity contribution in [2.75, 3.05) is 6.66 Å². The van der Waals surface area contributed by atoms with Gasteiger partial charge in [0.05, 0.1) is 11.2 Å². The van der Waals surface area contributed by atoms with Gasteiger partial charge >= 0.3 is 13.2 Å². The zero-order valence-electron chi connectivity index (χ0n) is 16.1. The Labute approximate surface area is 165 Å². The summed E-state index contributed by atoms with van der Waals surface area (Å²) >= 11 is 0. The molecule has 3 rings (SSSR count). The second-order valence-electron chi connectivity index (χ2n) is 6.97. The second-order valence-corrected chi connectivity index (χ2v) is 9.53. The summed E-state index contributed by atoms with van der Waals surface area (Å²) < 4.78 is 31.9. The highest BCUT2D eigenvalue weighted by Gasteiger charge is 2.38. The number of rotatable bonds is 5. The summed E-state index contributed by atoms with van der Waals surface area (Å²) in [5.74, 6) is 1.23. The van der Waals surface area contributed by atoms with Crippen molar-refractivity contribution in [3.8, 4) is 5.75 Å². The first-order valence-electron chi connectivity index (χ1n) is 8.97. The predicted octanol–water partition coefficient (Wildman–Crippen LogP) is 1.64. The minimum Gasteiger partial charge on any atom is -0.459 e. The second kappa shape index (κ2) is 8.20. The van der Waals surface area contributed by atoms with E-state index in [9.17, 15) is 9.36 Å². The molecule has 28 heavy (non-hydrogen) atoms. The number of H-pyrrole nitrogens is 1. The molecule has 5 atom stereocenters. The number of ether oxygens (including phenoxy) is 1. The molecule has 1 N–H and O–H groups in total. The monoisotopic (exact) mass is 423 g/mol. The van der Waals surface area contributed by atoms with Crippen LogP contribution < -0.4 is 25.1 Å². The average molecular weight is 423 g/mol. The number of hydrogen-bond donors (Lipinski definition) is 1. The standard InChI is InChI=1S/C19H24N2O5P2/c1-12-10-16(24-19(12)21-11-17(27)18(22)20-14(21)3)13(2)25-28(4,23)26-15-8-6-5-7-9-15/h5-9,11-13,16H,3,10,27H2,1-2,4H3/p+1. The normalized spacial score (nSPS) is 24.3. The summed E-state index contributed by atoms with van der Waals surface area (Å²) in [6.07, 6.45) is 1.60. The summed E-state index contributed by atoms with van der Waals surface area (Å²) in [5.41, 5.74) is 0.219. The Morgan fingerprint density at radius 3 is 2.75 bits per heavy atom. The molecule has 1 aliphatic rings. The zero-order chi connectivity index (χ0) is 20.5. The SMILES string of the molecule is C=c1[nH]c(=O)c(P)c[n+]1=C1OC(C(C)OP(C)(=O)Oc2ccccc2)CC1C. The third-order valence-corrected chi connectivity index (χ3v) is 6.16. The molecule has 1 aromatic heterocycles. The van der Waals surface area contributed by atoms with Crippen molar-refractivity contribution >= 4 is 28.7 Å². The lowest BCUT2D eigenvalue weighted by atomic mass is 10.0. The highest BCUT2D eigenvalue weighted by atomic mass is 31.2. The molecule has 2 aromatic rings. The van der Waals surface area contributed by atoms with E-state index in [4.69, 9.17) is 13.8 Å². The van der Waals surface area contributed by atoms with Gasteiger partial charge in [0, 0.05) is 13.1 Å². The van der Waals surface area contributed by atoms with E-state index in [0.29, 0.717) is 28.9 Å². The van der Waals surface area contributed by atoms with Crippen molar-refractivity contribution in [1.82, 2.24) is 4.98 Å². The number of hydrogen-bond acceptors (Lipinski definition) is 5. The van der Waals surface area contributed by atoms with Gasteiger partial charge in [0.2, 0.25) is 0 Å². The van der Waals surface area contributed by atoms with Gasteiger partial charge in [0.15, 0.2) is 0 Å². The number of para-hydroxylation sites is 1. The first-order chi connectivity index (χ1) is 13.2. The smallest absolute Gasteiger partial charge is 0.376 e. The van der Waals surface area contributed by atoms with Gasteiger partial charge in [0.25, 0.3) is 11.4 Å². The van der Waals surface area contributed by atoms with Crippen LogP contribution in [-0.2, 0) is 13.8 Å². The van der Waals surface area contributed by atoms with Gasteiger partial charge in [0.1, 0.15) is 24.2 Å². The van der Waals surface area contributed by atoms with Gasteiger partial charge in [-0.25, -0.2) is 14.3 Å². The fourth-order valence-electron chi connectivity index (χ4n) is 3.15. The molecule has 9 heteroatoms. The van der Waals surface area contributed by atoms with Gasteiger partial charge in [-0.05, 0) is 25.6 Å². The van der Waals surface area contributed by atoms with Crippen LogP contribution in [-0.4, -0.2) is 23.9 Å². The molecule has 1 aromatic carbocycles. The van der Waals surface area contributed by atoms with Crippen LogP contribution in [0, 0.1) is 11.8 Å². The molecule has 7 nitrogen and oxygen atoms in total. The molecule has 0 radical (unpaired) electrons. The Hall–Kier alpha value is -1.94. The molecule has 1 saturated heterocycles. The fraction of sp³-hybridized carbons (Fsp3) is 0.368. The zero-order valence-corrected chi connectivity index (χ0v) is 18.2. The topological polar surface area (TPSA) is 83.5 Å². The number of nitrogens with zero attached hydrogens (tertiary/aromatic N) is 1. The summed E-state index contributed by atoms with van der Waals surface area (Å²) in [5, 5.41) is 0.484. The lowest BCUT2D eigenvalue weighted by Crippen LogP contribution is -2.50. The highest BCUT2D eigenvalue weighted by Crippen LogP contribution is 2.47. The minimum atomic E-state index is -3.32. The van der Waals surface area contributed by atoms with Crippen LogP contribution in [0.2, 0.25) is 0 Å². The number of aromatic amines is 1. The summed E-state index contributed by atoms with van der Waals surface area (Å²) in [7, 11) is -0.925. The maximum Gasteiger partial charge on any atom is 0.376 e. The molecule has 0 saturated carbocycles. The first kappa shape index (κ1) is 20.8. The van der Waals surface area contributed by atoms with Crippen LogP contribution >= 0.6 is 16.8 Å². The van der Waals surface area contributed by atoms with Crippen molar-refractivity contribution in [1.29, 1.82) is 0 Å². The van der Waals surface area contributed by atoms with E-state index in [0.717, 1.165) is 0 Å². The van der Waals surface area contributed by atoms with Gasteiger partial charge in [-0.2, -0.15) is 4.24 Å². The Morgan fingerprint density at radius 1 is 1.39 bits per heavy atom. The van der Waals surface area contributed by atoms with E-state index in [-0.39, 0.29) is 17.6 Å². The lowest BCUT2D eigenvalue weighted by molar-refractivity contribution is -0.565. The third-order valence-electron chi connectivity index (χ3n) is 4.49. The van der Waals surface area contributed by atoms with E-state index in [1.807, 2.05) is 19.9 Å². The van der Waals surface area contributed by atoms with Crippen LogP contribution in [0.25, 0.3) is 6.58 Å². The van der Waals surface area contributed by atoms with E-state index in [1.54, 1.807) is 34.7 Å². The molecule has 2 heterocycles. The molecule has 0 aliphatic carbocycles. The molecule has 0 amide bonds. The van der Waals surface area contributed by atoms with Crippen LogP contribution in [0.1, 0.15) is 20.3 Å².